The quantitative estimate of drug-likeness (QED) is 0.611. The highest BCUT2D eigenvalue weighted by Gasteiger charge is 2.11. The van der Waals surface area contributed by atoms with Crippen molar-refractivity contribution in [2.45, 2.75) is 12.8 Å². The Morgan fingerprint density at radius 1 is 1.04 bits per heavy atom. The highest BCUT2D eigenvalue weighted by molar-refractivity contribution is 6.32. The van der Waals surface area contributed by atoms with Crippen molar-refractivity contribution in [2.75, 3.05) is 23.0 Å². The van der Waals surface area contributed by atoms with Gasteiger partial charge < -0.3 is 16.0 Å². The van der Waals surface area contributed by atoms with Gasteiger partial charge in [-0.05, 0) is 48.2 Å². The van der Waals surface area contributed by atoms with Gasteiger partial charge in [-0.3, -0.25) is 4.98 Å². The topological polar surface area (TPSA) is 74.8 Å². The second-order valence-corrected chi connectivity index (χ2v) is 6.25. The predicted octanol–water partition coefficient (Wildman–Crippen LogP) is 4.15. The molecule has 3 N–H and O–H groups in total. The van der Waals surface area contributed by atoms with E-state index in [9.17, 15) is 0 Å². The fourth-order valence-corrected chi connectivity index (χ4v) is 3.01. The summed E-state index contributed by atoms with van der Waals surface area (Å²) in [7, 11) is 1.93. The number of aryl methyl sites for hydroxylation is 2. The van der Waals surface area contributed by atoms with Gasteiger partial charge in [0, 0.05) is 24.6 Å². The minimum absolute atomic E-state index is 0.464. The minimum Gasteiger partial charge on any atom is -0.388 e. The number of rotatable bonds is 1. The molecule has 0 aliphatic carbocycles. The highest BCUT2D eigenvalue weighted by Crippen LogP contribution is 2.28. The molecule has 1 aliphatic rings. The van der Waals surface area contributed by atoms with Crippen LogP contribution < -0.4 is 16.0 Å². The highest BCUT2D eigenvalue weighted by atomic mass is 35.5. The number of anilines is 5. The van der Waals surface area contributed by atoms with E-state index >= 15 is 0 Å². The van der Waals surface area contributed by atoms with E-state index in [-0.39, 0.29) is 0 Å². The van der Waals surface area contributed by atoms with Gasteiger partial charge in [-0.25, -0.2) is 4.98 Å². The molecule has 0 amide bonds. The standard InChI is InChI=1S/C18H17ClN6/c1-20-16-5-4-13-7-12(16)3-2-11-6-14(9-21-8-11)24-18-22-10-15(19)17(23-13)25-18/h4-10,20H,2-3H2,1H3,(H2,22,23,24,25). The fraction of sp³-hybridized carbons (Fsp3) is 0.167. The third-order valence-corrected chi connectivity index (χ3v) is 4.39. The lowest BCUT2D eigenvalue weighted by atomic mass is 10.0. The molecule has 1 aliphatic heterocycles. The molecule has 0 spiro atoms. The van der Waals surface area contributed by atoms with Crippen LogP contribution in [0.1, 0.15) is 11.1 Å². The number of hydrogen-bond acceptors (Lipinski definition) is 6. The van der Waals surface area contributed by atoms with E-state index < -0.39 is 0 Å². The molecular formula is C18H17ClN6. The van der Waals surface area contributed by atoms with E-state index in [0.717, 1.165) is 35.5 Å². The molecule has 6 bridgehead atoms. The maximum atomic E-state index is 6.25. The van der Waals surface area contributed by atoms with Crippen molar-refractivity contribution in [3.8, 4) is 0 Å². The van der Waals surface area contributed by atoms with Gasteiger partial charge in [0.15, 0.2) is 5.82 Å². The Kier molecular flexibility index (Phi) is 4.11. The molecule has 3 heterocycles. The molecular weight excluding hydrogens is 336 g/mol. The SMILES string of the molecule is CNc1ccc2cc1CCc1cncc(c1)Nc1ncc(Cl)c(n1)N2. The van der Waals surface area contributed by atoms with E-state index in [1.807, 2.05) is 19.3 Å². The van der Waals surface area contributed by atoms with Crippen LogP contribution in [0.15, 0.2) is 42.9 Å². The van der Waals surface area contributed by atoms with Crippen molar-refractivity contribution in [3.05, 3.63) is 59.0 Å². The molecule has 1 aromatic carbocycles. The summed E-state index contributed by atoms with van der Waals surface area (Å²) >= 11 is 6.25. The Balaban J connectivity index is 1.84. The van der Waals surface area contributed by atoms with Crippen LogP contribution >= 0.6 is 11.6 Å². The predicted molar refractivity (Wildman–Crippen MR) is 101 cm³/mol. The van der Waals surface area contributed by atoms with Gasteiger partial charge in [-0.1, -0.05) is 11.6 Å². The van der Waals surface area contributed by atoms with Crippen LogP contribution in [0.4, 0.5) is 28.8 Å². The molecule has 2 aromatic heterocycles. The molecule has 0 atom stereocenters. The largest absolute Gasteiger partial charge is 0.388 e. The molecule has 0 fully saturated rings. The first-order valence-electron chi connectivity index (χ1n) is 8.02. The van der Waals surface area contributed by atoms with Crippen LogP contribution in [-0.4, -0.2) is 22.0 Å². The Labute approximate surface area is 150 Å². The summed E-state index contributed by atoms with van der Waals surface area (Å²) in [5.74, 6) is 1.03. The average Bonchev–Trinajstić information content (AvgIpc) is 2.63. The summed E-state index contributed by atoms with van der Waals surface area (Å²) < 4.78 is 0. The minimum atomic E-state index is 0.464. The lowest BCUT2D eigenvalue weighted by molar-refractivity contribution is 0.951. The van der Waals surface area contributed by atoms with Crippen molar-refractivity contribution >= 4 is 40.4 Å². The van der Waals surface area contributed by atoms with Crippen molar-refractivity contribution in [1.82, 2.24) is 15.0 Å². The Hall–Kier alpha value is -2.86. The Morgan fingerprint density at radius 3 is 2.84 bits per heavy atom. The molecule has 0 unspecified atom stereocenters. The average molecular weight is 353 g/mol. The van der Waals surface area contributed by atoms with Crippen LogP contribution in [-0.2, 0) is 12.8 Å². The van der Waals surface area contributed by atoms with Crippen molar-refractivity contribution in [3.63, 3.8) is 0 Å². The summed E-state index contributed by atoms with van der Waals surface area (Å²) in [6.45, 7) is 0. The monoisotopic (exact) mass is 352 g/mol. The van der Waals surface area contributed by atoms with E-state index in [2.05, 4.69) is 49.1 Å². The van der Waals surface area contributed by atoms with Crippen LogP contribution in [0.3, 0.4) is 0 Å². The summed E-state index contributed by atoms with van der Waals surface area (Å²) in [6.07, 6.45) is 7.01. The van der Waals surface area contributed by atoms with Gasteiger partial charge in [-0.2, -0.15) is 4.98 Å². The van der Waals surface area contributed by atoms with Crippen molar-refractivity contribution in [1.29, 1.82) is 0 Å². The molecule has 3 aromatic rings. The summed E-state index contributed by atoms with van der Waals surface area (Å²) in [5, 5.41) is 10.2. The normalized spacial score (nSPS) is 12.7. The second kappa shape index (κ2) is 6.57. The maximum absolute atomic E-state index is 6.25. The van der Waals surface area contributed by atoms with Gasteiger partial charge in [0.2, 0.25) is 5.95 Å². The molecule has 4 rings (SSSR count). The van der Waals surface area contributed by atoms with Gasteiger partial charge in [-0.15, -0.1) is 0 Å². The fourth-order valence-electron chi connectivity index (χ4n) is 2.87. The molecule has 126 valence electrons. The lowest BCUT2D eigenvalue weighted by Crippen LogP contribution is -2.02. The maximum Gasteiger partial charge on any atom is 0.229 e. The van der Waals surface area contributed by atoms with Crippen molar-refractivity contribution in [2.24, 2.45) is 0 Å². The van der Waals surface area contributed by atoms with Crippen molar-refractivity contribution < 1.29 is 0 Å². The third-order valence-electron chi connectivity index (χ3n) is 4.12. The number of nitrogens with one attached hydrogen (secondary N) is 3. The van der Waals surface area contributed by atoms with Gasteiger partial charge in [0.05, 0.1) is 18.1 Å². The zero-order chi connectivity index (χ0) is 17.2. The summed E-state index contributed by atoms with van der Waals surface area (Å²) in [5.41, 5.74) is 5.27. The van der Waals surface area contributed by atoms with Crippen LogP contribution in [0, 0.1) is 0 Å². The summed E-state index contributed by atoms with van der Waals surface area (Å²) in [6, 6.07) is 8.24. The van der Waals surface area contributed by atoms with E-state index in [1.165, 1.54) is 5.56 Å². The number of fused-ring (bicyclic) bond motifs is 6. The smallest absolute Gasteiger partial charge is 0.229 e. The van der Waals surface area contributed by atoms with Gasteiger partial charge in [0.1, 0.15) is 5.02 Å². The van der Waals surface area contributed by atoms with Crippen LogP contribution in [0.2, 0.25) is 5.02 Å². The van der Waals surface area contributed by atoms with Crippen LogP contribution in [0.25, 0.3) is 0 Å². The number of benzene rings is 1. The van der Waals surface area contributed by atoms with Crippen LogP contribution in [0.5, 0.6) is 0 Å². The molecule has 6 nitrogen and oxygen atoms in total. The first-order valence-corrected chi connectivity index (χ1v) is 8.40. The lowest BCUT2D eigenvalue weighted by Gasteiger charge is -2.13. The molecule has 0 saturated carbocycles. The molecule has 0 saturated heterocycles. The van der Waals surface area contributed by atoms with E-state index in [1.54, 1.807) is 12.4 Å². The first kappa shape index (κ1) is 15.7. The first-order chi connectivity index (χ1) is 12.2. The van der Waals surface area contributed by atoms with Gasteiger partial charge in [0.25, 0.3) is 0 Å². The number of hydrogen-bond donors (Lipinski definition) is 3. The number of aromatic nitrogens is 3. The second-order valence-electron chi connectivity index (χ2n) is 5.84. The van der Waals surface area contributed by atoms with Gasteiger partial charge >= 0.3 is 0 Å². The Bertz CT molecular complexity index is 927. The zero-order valence-corrected chi connectivity index (χ0v) is 14.4. The third kappa shape index (κ3) is 3.34. The number of pyridine rings is 1. The number of halogens is 1. The molecule has 25 heavy (non-hydrogen) atoms. The molecule has 0 radical (unpaired) electrons. The Morgan fingerprint density at radius 2 is 1.96 bits per heavy atom. The summed E-state index contributed by atoms with van der Waals surface area (Å²) in [4.78, 5) is 13.0. The van der Waals surface area contributed by atoms with E-state index in [0.29, 0.717) is 16.8 Å². The van der Waals surface area contributed by atoms with E-state index in [4.69, 9.17) is 11.6 Å². The molecule has 7 heteroatoms. The zero-order valence-electron chi connectivity index (χ0n) is 13.7. The number of nitrogens with zero attached hydrogens (tertiary/aromatic N) is 3.